The van der Waals surface area contributed by atoms with E-state index in [-0.39, 0.29) is 23.7 Å². The van der Waals surface area contributed by atoms with Crippen molar-refractivity contribution in [2.45, 2.75) is 18.7 Å². The van der Waals surface area contributed by atoms with Crippen molar-refractivity contribution >= 4 is 16.1 Å². The van der Waals surface area contributed by atoms with Gasteiger partial charge in [0.2, 0.25) is 10.0 Å². The summed E-state index contributed by atoms with van der Waals surface area (Å²) in [6.07, 6.45) is -0.420. The number of cyclic esters (lactones) is 1. The molecule has 0 aliphatic carbocycles. The number of nitrogens with one attached hydrogen (secondary N) is 1. The van der Waals surface area contributed by atoms with E-state index in [1.165, 1.54) is 11.8 Å². The Bertz CT molecular complexity index is 560. The molecule has 8 nitrogen and oxygen atoms in total. The number of carbonyl (C=O) groups excluding carboxylic acids is 1. The fourth-order valence-corrected chi connectivity index (χ4v) is 3.22. The van der Waals surface area contributed by atoms with Crippen LogP contribution in [0.3, 0.4) is 0 Å². The summed E-state index contributed by atoms with van der Waals surface area (Å²) >= 11 is 0. The van der Waals surface area contributed by atoms with Crippen molar-refractivity contribution in [3.05, 3.63) is 11.5 Å². The molecule has 1 fully saturated rings. The van der Waals surface area contributed by atoms with Crippen LogP contribution in [0.2, 0.25) is 0 Å². The van der Waals surface area contributed by atoms with Gasteiger partial charge in [-0.3, -0.25) is 0 Å². The molecular weight excluding hydrogens is 274 g/mol. The molecule has 0 unspecified atom stereocenters. The van der Waals surface area contributed by atoms with E-state index in [0.29, 0.717) is 18.8 Å². The van der Waals surface area contributed by atoms with Gasteiger partial charge in [-0.2, -0.15) is 0 Å². The zero-order chi connectivity index (χ0) is 14.0. The molecule has 19 heavy (non-hydrogen) atoms. The lowest BCUT2D eigenvalue weighted by Gasteiger charge is -2.12. The summed E-state index contributed by atoms with van der Waals surface area (Å²) in [5.74, 6) is 0.241. The second-order valence-corrected chi connectivity index (χ2v) is 5.86. The van der Waals surface area contributed by atoms with Crippen molar-refractivity contribution in [3.8, 4) is 0 Å². The first-order valence-electron chi connectivity index (χ1n) is 5.76. The summed E-state index contributed by atoms with van der Waals surface area (Å²) < 4.78 is 36.1. The molecule has 1 amide bonds. The van der Waals surface area contributed by atoms with Crippen LogP contribution < -0.4 is 4.72 Å². The fraction of sp³-hybridized carbons (Fsp3) is 0.600. The van der Waals surface area contributed by atoms with Gasteiger partial charge in [-0.05, 0) is 13.8 Å². The molecule has 2 rings (SSSR count). The number of rotatable bonds is 5. The summed E-state index contributed by atoms with van der Waals surface area (Å²) in [5, 5.41) is 3.60. The molecule has 1 aromatic heterocycles. The molecule has 1 aliphatic heterocycles. The molecule has 1 N–H and O–H groups in total. The highest BCUT2D eigenvalue weighted by Gasteiger charge is 2.25. The molecule has 0 bridgehead atoms. The number of hydrogen-bond donors (Lipinski definition) is 1. The molecule has 1 saturated heterocycles. The average Bonchev–Trinajstić information content (AvgIpc) is 2.86. The average molecular weight is 289 g/mol. The van der Waals surface area contributed by atoms with E-state index in [1.807, 2.05) is 0 Å². The van der Waals surface area contributed by atoms with E-state index < -0.39 is 16.1 Å². The number of hydrogen-bond acceptors (Lipinski definition) is 6. The van der Waals surface area contributed by atoms with Crippen LogP contribution in [-0.4, -0.2) is 50.8 Å². The van der Waals surface area contributed by atoms with E-state index in [9.17, 15) is 13.2 Å². The number of nitrogens with zero attached hydrogens (tertiary/aromatic N) is 2. The van der Waals surface area contributed by atoms with Crippen molar-refractivity contribution in [2.75, 3.05) is 26.2 Å². The smallest absolute Gasteiger partial charge is 0.409 e. The Hall–Kier alpha value is -1.61. The Morgan fingerprint density at radius 3 is 2.68 bits per heavy atom. The van der Waals surface area contributed by atoms with Crippen LogP contribution in [-0.2, 0) is 14.8 Å². The van der Waals surface area contributed by atoms with Crippen molar-refractivity contribution in [1.82, 2.24) is 14.8 Å². The monoisotopic (exact) mass is 289 g/mol. The van der Waals surface area contributed by atoms with Crippen molar-refractivity contribution in [3.63, 3.8) is 0 Å². The van der Waals surface area contributed by atoms with E-state index >= 15 is 0 Å². The molecule has 1 aromatic rings. The normalized spacial score (nSPS) is 15.9. The Morgan fingerprint density at radius 1 is 1.42 bits per heavy atom. The Kier molecular flexibility index (Phi) is 3.76. The third-order valence-electron chi connectivity index (χ3n) is 2.76. The van der Waals surface area contributed by atoms with Gasteiger partial charge in [-0.1, -0.05) is 5.16 Å². The van der Waals surface area contributed by atoms with Gasteiger partial charge in [0.05, 0.1) is 6.54 Å². The van der Waals surface area contributed by atoms with Gasteiger partial charge in [-0.25, -0.2) is 17.9 Å². The summed E-state index contributed by atoms with van der Waals surface area (Å²) in [5.41, 5.74) is 0.311. The maximum absolute atomic E-state index is 12.0. The molecule has 9 heteroatoms. The van der Waals surface area contributed by atoms with Gasteiger partial charge >= 0.3 is 6.09 Å². The van der Waals surface area contributed by atoms with Crippen molar-refractivity contribution in [2.24, 2.45) is 0 Å². The minimum absolute atomic E-state index is 0.0523. The summed E-state index contributed by atoms with van der Waals surface area (Å²) in [7, 11) is -3.67. The van der Waals surface area contributed by atoms with Gasteiger partial charge < -0.3 is 14.2 Å². The number of ether oxygens (including phenoxy) is 1. The van der Waals surface area contributed by atoms with Crippen LogP contribution in [0.15, 0.2) is 9.42 Å². The number of aryl methyl sites for hydroxylation is 2. The molecule has 0 spiro atoms. The minimum atomic E-state index is -3.67. The number of amides is 1. The molecule has 0 saturated carbocycles. The first-order chi connectivity index (χ1) is 8.92. The highest BCUT2D eigenvalue weighted by molar-refractivity contribution is 7.89. The molecular formula is C10H15N3O5S. The quantitative estimate of drug-likeness (QED) is 0.820. The largest absolute Gasteiger partial charge is 0.448 e. The van der Waals surface area contributed by atoms with Gasteiger partial charge in [0, 0.05) is 13.1 Å². The maximum Gasteiger partial charge on any atom is 0.409 e. The predicted molar refractivity (Wildman–Crippen MR) is 64.1 cm³/mol. The number of sulfonamides is 1. The topological polar surface area (TPSA) is 102 Å². The Balaban J connectivity index is 1.97. The van der Waals surface area contributed by atoms with E-state index in [4.69, 9.17) is 9.26 Å². The third-order valence-corrected chi connectivity index (χ3v) is 4.46. The Labute approximate surface area is 110 Å². The first-order valence-corrected chi connectivity index (χ1v) is 7.24. The number of aromatic nitrogens is 1. The van der Waals surface area contributed by atoms with E-state index in [2.05, 4.69) is 9.88 Å². The maximum atomic E-state index is 12.0. The lowest BCUT2D eigenvalue weighted by atomic mass is 10.4. The lowest BCUT2D eigenvalue weighted by molar-refractivity contribution is 0.159. The Morgan fingerprint density at radius 2 is 2.16 bits per heavy atom. The third kappa shape index (κ3) is 2.87. The van der Waals surface area contributed by atoms with Crippen LogP contribution >= 0.6 is 0 Å². The highest BCUT2D eigenvalue weighted by Crippen LogP contribution is 2.18. The van der Waals surface area contributed by atoms with E-state index in [0.717, 1.165) is 0 Å². The van der Waals surface area contributed by atoms with E-state index in [1.54, 1.807) is 6.92 Å². The SMILES string of the molecule is Cc1noc(C)c1S(=O)(=O)NCCN1CCOC1=O. The molecule has 1 aliphatic rings. The zero-order valence-corrected chi connectivity index (χ0v) is 11.5. The lowest BCUT2D eigenvalue weighted by Crippen LogP contribution is -2.35. The van der Waals surface area contributed by atoms with Crippen LogP contribution in [0.4, 0.5) is 4.79 Å². The van der Waals surface area contributed by atoms with Gasteiger partial charge in [0.1, 0.15) is 17.2 Å². The molecule has 0 aromatic carbocycles. The molecule has 106 valence electrons. The predicted octanol–water partition coefficient (Wildman–Crippen LogP) is 0.0219. The van der Waals surface area contributed by atoms with Gasteiger partial charge in [0.25, 0.3) is 0 Å². The zero-order valence-electron chi connectivity index (χ0n) is 10.7. The molecule has 0 atom stereocenters. The molecule has 0 radical (unpaired) electrons. The van der Waals surface area contributed by atoms with Gasteiger partial charge in [0.15, 0.2) is 5.76 Å². The van der Waals surface area contributed by atoms with Crippen molar-refractivity contribution < 1.29 is 22.5 Å². The van der Waals surface area contributed by atoms with Gasteiger partial charge in [-0.15, -0.1) is 0 Å². The summed E-state index contributed by atoms with van der Waals surface area (Å²) in [6, 6.07) is 0. The van der Waals surface area contributed by atoms with Crippen LogP contribution in [0.1, 0.15) is 11.5 Å². The second-order valence-electron chi connectivity index (χ2n) is 4.15. The standard InChI is InChI=1S/C10H15N3O5S/c1-7-9(8(2)18-12-7)19(15,16)11-3-4-13-5-6-17-10(13)14/h11H,3-6H2,1-2H3. The summed E-state index contributed by atoms with van der Waals surface area (Å²) in [6.45, 7) is 4.29. The fourth-order valence-electron chi connectivity index (χ4n) is 1.87. The van der Waals surface area contributed by atoms with Crippen molar-refractivity contribution in [1.29, 1.82) is 0 Å². The second kappa shape index (κ2) is 5.17. The summed E-state index contributed by atoms with van der Waals surface area (Å²) in [4.78, 5) is 12.7. The van der Waals surface area contributed by atoms with Crippen LogP contribution in [0.25, 0.3) is 0 Å². The number of carbonyl (C=O) groups is 1. The highest BCUT2D eigenvalue weighted by atomic mass is 32.2. The minimum Gasteiger partial charge on any atom is -0.448 e. The van der Waals surface area contributed by atoms with Crippen LogP contribution in [0.5, 0.6) is 0 Å². The molecule has 2 heterocycles. The first kappa shape index (κ1) is 13.8. The van der Waals surface area contributed by atoms with Crippen LogP contribution in [0, 0.1) is 13.8 Å².